The molecule has 132 valence electrons. The molecule has 26 heavy (non-hydrogen) atoms. The Hall–Kier alpha value is -3.08. The quantitative estimate of drug-likeness (QED) is 0.675. The summed E-state index contributed by atoms with van der Waals surface area (Å²) in [4.78, 5) is 25.1. The van der Waals surface area contributed by atoms with Gasteiger partial charge in [0.1, 0.15) is 12.2 Å². The fourth-order valence-corrected chi connectivity index (χ4v) is 3.40. The molecule has 0 radical (unpaired) electrons. The van der Waals surface area contributed by atoms with Crippen molar-refractivity contribution in [3.63, 3.8) is 0 Å². The number of hydrogen-bond donors (Lipinski definition) is 0. The minimum absolute atomic E-state index is 0.00444. The molecule has 0 saturated heterocycles. The SMILES string of the molecule is CCOC(=O)c1cn2c3c(c(-c4ccccc4)ccc3c1=O)OCC2C. The maximum Gasteiger partial charge on any atom is 0.343 e. The Kier molecular flexibility index (Phi) is 3.99. The molecular weight excluding hydrogens is 330 g/mol. The summed E-state index contributed by atoms with van der Waals surface area (Å²) in [6.45, 7) is 4.42. The first-order valence-electron chi connectivity index (χ1n) is 8.69. The van der Waals surface area contributed by atoms with Crippen LogP contribution in [0.2, 0.25) is 0 Å². The molecular formula is C21H19NO4. The van der Waals surface area contributed by atoms with Gasteiger partial charge in [-0.05, 0) is 31.5 Å². The summed E-state index contributed by atoms with van der Waals surface area (Å²) in [5.41, 5.74) is 2.41. The molecule has 0 fully saturated rings. The number of aromatic nitrogens is 1. The second kappa shape index (κ2) is 6.33. The van der Waals surface area contributed by atoms with Crippen LogP contribution in [0.3, 0.4) is 0 Å². The zero-order valence-electron chi connectivity index (χ0n) is 14.7. The van der Waals surface area contributed by atoms with Crippen LogP contribution in [0.1, 0.15) is 30.2 Å². The van der Waals surface area contributed by atoms with Crippen molar-refractivity contribution >= 4 is 16.9 Å². The van der Waals surface area contributed by atoms with E-state index in [1.807, 2.05) is 47.9 Å². The average molecular weight is 349 g/mol. The number of carbonyl (C=O) groups excluding carboxylic acids is 1. The molecule has 5 heteroatoms. The van der Waals surface area contributed by atoms with Crippen molar-refractivity contribution in [2.24, 2.45) is 0 Å². The highest BCUT2D eigenvalue weighted by Gasteiger charge is 2.26. The van der Waals surface area contributed by atoms with Gasteiger partial charge in [0.05, 0.1) is 23.6 Å². The normalized spacial score (nSPS) is 15.5. The van der Waals surface area contributed by atoms with E-state index in [1.165, 1.54) is 0 Å². The van der Waals surface area contributed by atoms with Crippen molar-refractivity contribution < 1.29 is 14.3 Å². The number of benzene rings is 2. The Bertz CT molecular complexity index is 1050. The first-order chi connectivity index (χ1) is 12.6. The summed E-state index contributed by atoms with van der Waals surface area (Å²) >= 11 is 0. The van der Waals surface area contributed by atoms with Gasteiger partial charge in [-0.3, -0.25) is 4.79 Å². The highest BCUT2D eigenvalue weighted by Crippen LogP contribution is 2.39. The van der Waals surface area contributed by atoms with Crippen LogP contribution in [0.25, 0.3) is 22.0 Å². The maximum absolute atomic E-state index is 12.9. The van der Waals surface area contributed by atoms with Gasteiger partial charge >= 0.3 is 5.97 Å². The number of carbonyl (C=O) groups is 1. The number of esters is 1. The first-order valence-corrected chi connectivity index (χ1v) is 8.69. The number of hydrogen-bond acceptors (Lipinski definition) is 4. The van der Waals surface area contributed by atoms with Crippen LogP contribution in [-0.4, -0.2) is 23.8 Å². The molecule has 2 heterocycles. The summed E-state index contributed by atoms with van der Waals surface area (Å²) in [6.07, 6.45) is 1.61. The van der Waals surface area contributed by atoms with Crippen molar-refractivity contribution in [3.05, 3.63) is 64.4 Å². The third-order valence-corrected chi connectivity index (χ3v) is 4.67. The van der Waals surface area contributed by atoms with Crippen molar-refractivity contribution in [1.29, 1.82) is 0 Å². The molecule has 4 rings (SSSR count). The number of rotatable bonds is 3. The molecule has 1 atom stereocenters. The molecule has 0 spiro atoms. The van der Waals surface area contributed by atoms with Gasteiger partial charge < -0.3 is 14.0 Å². The van der Waals surface area contributed by atoms with Crippen LogP contribution in [0.5, 0.6) is 5.75 Å². The minimum atomic E-state index is -0.587. The molecule has 1 aliphatic rings. The maximum atomic E-state index is 12.9. The lowest BCUT2D eigenvalue weighted by Crippen LogP contribution is -2.27. The number of nitrogens with zero attached hydrogens (tertiary/aromatic N) is 1. The summed E-state index contributed by atoms with van der Waals surface area (Å²) in [7, 11) is 0. The average Bonchev–Trinajstić information content (AvgIpc) is 2.66. The van der Waals surface area contributed by atoms with Gasteiger partial charge in [-0.15, -0.1) is 0 Å². The lowest BCUT2D eigenvalue weighted by atomic mass is 9.99. The molecule has 0 amide bonds. The predicted octanol–water partition coefficient (Wildman–Crippen LogP) is 3.80. The van der Waals surface area contributed by atoms with Crippen molar-refractivity contribution in [1.82, 2.24) is 4.57 Å². The predicted molar refractivity (Wildman–Crippen MR) is 99.8 cm³/mol. The van der Waals surface area contributed by atoms with E-state index < -0.39 is 5.97 Å². The zero-order valence-corrected chi connectivity index (χ0v) is 14.7. The smallest absolute Gasteiger partial charge is 0.343 e. The molecule has 5 nitrogen and oxygen atoms in total. The topological polar surface area (TPSA) is 57.5 Å². The van der Waals surface area contributed by atoms with Crippen LogP contribution in [0.4, 0.5) is 0 Å². The van der Waals surface area contributed by atoms with Gasteiger partial charge in [0, 0.05) is 11.8 Å². The van der Waals surface area contributed by atoms with Crippen molar-refractivity contribution in [3.8, 4) is 16.9 Å². The number of pyridine rings is 1. The molecule has 0 aliphatic carbocycles. The second-order valence-corrected chi connectivity index (χ2v) is 6.36. The summed E-state index contributed by atoms with van der Waals surface area (Å²) in [5.74, 6) is 0.0924. The third kappa shape index (κ3) is 2.47. The van der Waals surface area contributed by atoms with Gasteiger partial charge in [0.15, 0.2) is 5.75 Å². The zero-order chi connectivity index (χ0) is 18.3. The molecule has 3 aromatic rings. The van der Waals surface area contributed by atoms with Gasteiger partial charge in [0.25, 0.3) is 0 Å². The summed E-state index contributed by atoms with van der Waals surface area (Å²) in [5, 5.41) is 0.469. The fraction of sp³-hybridized carbons (Fsp3) is 0.238. The highest BCUT2D eigenvalue weighted by molar-refractivity contribution is 5.98. The second-order valence-electron chi connectivity index (χ2n) is 6.36. The van der Waals surface area contributed by atoms with Gasteiger partial charge in [-0.1, -0.05) is 30.3 Å². The van der Waals surface area contributed by atoms with E-state index in [4.69, 9.17) is 9.47 Å². The Morgan fingerprint density at radius 3 is 2.73 bits per heavy atom. The third-order valence-electron chi connectivity index (χ3n) is 4.67. The highest BCUT2D eigenvalue weighted by atomic mass is 16.5. The van der Waals surface area contributed by atoms with E-state index in [0.717, 1.165) is 16.6 Å². The van der Waals surface area contributed by atoms with Gasteiger partial charge in [-0.25, -0.2) is 4.79 Å². The van der Waals surface area contributed by atoms with E-state index in [-0.39, 0.29) is 23.6 Å². The molecule has 1 unspecified atom stereocenters. The Morgan fingerprint density at radius 2 is 2.00 bits per heavy atom. The van der Waals surface area contributed by atoms with E-state index in [1.54, 1.807) is 19.2 Å². The Balaban J connectivity index is 2.03. The molecule has 0 bridgehead atoms. The van der Waals surface area contributed by atoms with Gasteiger partial charge in [0.2, 0.25) is 5.43 Å². The molecule has 2 aromatic carbocycles. The minimum Gasteiger partial charge on any atom is -0.489 e. The molecule has 0 N–H and O–H groups in total. The lowest BCUT2D eigenvalue weighted by Gasteiger charge is -2.28. The lowest BCUT2D eigenvalue weighted by molar-refractivity contribution is 0.0523. The number of ether oxygens (including phenoxy) is 2. The molecule has 0 saturated carbocycles. The van der Waals surface area contributed by atoms with Crippen LogP contribution >= 0.6 is 0 Å². The summed E-state index contributed by atoms with van der Waals surface area (Å²) in [6, 6.07) is 13.6. The standard InChI is InChI=1S/C21H19NO4/c1-3-25-21(24)17-11-22-13(2)12-26-20-15(14-7-5-4-6-8-14)9-10-16(18(20)22)19(17)23/h4-11,13H,3,12H2,1-2H3. The van der Waals surface area contributed by atoms with E-state index in [0.29, 0.717) is 17.7 Å². The van der Waals surface area contributed by atoms with E-state index in [2.05, 4.69) is 0 Å². The monoisotopic (exact) mass is 349 g/mol. The Labute approximate surface area is 150 Å². The molecule has 1 aromatic heterocycles. The van der Waals surface area contributed by atoms with E-state index >= 15 is 0 Å². The molecule has 1 aliphatic heterocycles. The van der Waals surface area contributed by atoms with Crippen LogP contribution < -0.4 is 10.2 Å². The van der Waals surface area contributed by atoms with Crippen LogP contribution in [0, 0.1) is 0 Å². The van der Waals surface area contributed by atoms with Crippen molar-refractivity contribution in [2.45, 2.75) is 19.9 Å². The van der Waals surface area contributed by atoms with Crippen LogP contribution in [0.15, 0.2) is 53.5 Å². The van der Waals surface area contributed by atoms with Crippen molar-refractivity contribution in [2.75, 3.05) is 13.2 Å². The summed E-state index contributed by atoms with van der Waals surface area (Å²) < 4.78 is 13.0. The van der Waals surface area contributed by atoms with Gasteiger partial charge in [-0.2, -0.15) is 0 Å². The first kappa shape index (κ1) is 16.4. The van der Waals surface area contributed by atoms with E-state index in [9.17, 15) is 9.59 Å². The Morgan fingerprint density at radius 1 is 1.23 bits per heavy atom. The largest absolute Gasteiger partial charge is 0.489 e. The van der Waals surface area contributed by atoms with Crippen LogP contribution in [-0.2, 0) is 4.74 Å². The fourth-order valence-electron chi connectivity index (χ4n) is 3.40.